The number of carbonyl (C=O) groups excluding carboxylic acids is 1. The average molecular weight is 407 g/mol. The molecule has 30 heavy (non-hydrogen) atoms. The number of ether oxygens (including phenoxy) is 1. The summed E-state index contributed by atoms with van der Waals surface area (Å²) in [5, 5.41) is 10.7. The summed E-state index contributed by atoms with van der Waals surface area (Å²) in [4.78, 5) is 17.8. The summed E-state index contributed by atoms with van der Waals surface area (Å²) in [6, 6.07) is 9.83. The molecule has 1 fully saturated rings. The number of hydrogen-bond acceptors (Lipinski definition) is 5. The zero-order valence-corrected chi connectivity index (χ0v) is 18.1. The van der Waals surface area contributed by atoms with Gasteiger partial charge in [-0.25, -0.2) is 0 Å². The third-order valence-corrected chi connectivity index (χ3v) is 6.20. The quantitative estimate of drug-likeness (QED) is 0.760. The summed E-state index contributed by atoms with van der Waals surface area (Å²) in [5.41, 5.74) is 4.22. The lowest BCUT2D eigenvalue weighted by Gasteiger charge is -2.34. The number of likely N-dealkylation sites (N-methyl/N-ethyl adjacent to an activating group) is 1. The third kappa shape index (κ3) is 4.00. The molecule has 2 aromatic rings. The Bertz CT molecular complexity index is 971. The highest BCUT2D eigenvalue weighted by Crippen LogP contribution is 2.42. The maximum atomic E-state index is 13.1. The Morgan fingerprint density at radius 1 is 1.07 bits per heavy atom. The first kappa shape index (κ1) is 20.6. The first-order chi connectivity index (χ1) is 14.5. The second-order valence-electron chi connectivity index (χ2n) is 8.14. The van der Waals surface area contributed by atoms with Crippen molar-refractivity contribution in [3.8, 4) is 11.5 Å². The van der Waals surface area contributed by atoms with Gasteiger partial charge in [-0.2, -0.15) is 0 Å². The molecule has 5 nitrogen and oxygen atoms in total. The maximum Gasteiger partial charge on any atom is 0.232 e. The van der Waals surface area contributed by atoms with E-state index in [9.17, 15) is 9.90 Å². The summed E-state index contributed by atoms with van der Waals surface area (Å²) in [5.74, 6) is 0.927. The molecule has 2 aliphatic heterocycles. The Morgan fingerprint density at radius 3 is 2.37 bits per heavy atom. The molecule has 2 aliphatic rings. The van der Waals surface area contributed by atoms with Gasteiger partial charge in [-0.3, -0.25) is 9.69 Å². The van der Waals surface area contributed by atoms with Gasteiger partial charge in [0.15, 0.2) is 5.76 Å². The van der Waals surface area contributed by atoms with Crippen LogP contribution in [0.5, 0.6) is 11.5 Å². The molecule has 0 radical (unpaired) electrons. The normalized spacial score (nSPS) is 18.6. The van der Waals surface area contributed by atoms with E-state index in [2.05, 4.69) is 35.8 Å². The molecular formula is C25H30N2O3. The molecule has 2 heterocycles. The van der Waals surface area contributed by atoms with Crippen LogP contribution in [0.2, 0.25) is 0 Å². The lowest BCUT2D eigenvalue weighted by molar-refractivity contribution is 0.101. The lowest BCUT2D eigenvalue weighted by atomic mass is 9.99. The number of Topliss-reactive ketones (excluding diaryl/α,β-unsaturated/α-hetero) is 1. The van der Waals surface area contributed by atoms with E-state index in [-0.39, 0.29) is 11.5 Å². The van der Waals surface area contributed by atoms with Crippen LogP contribution in [-0.4, -0.2) is 53.4 Å². The molecular weight excluding hydrogens is 376 g/mol. The van der Waals surface area contributed by atoms with Crippen LogP contribution in [0.4, 0.5) is 0 Å². The van der Waals surface area contributed by atoms with E-state index in [0.717, 1.165) is 50.3 Å². The predicted molar refractivity (Wildman–Crippen MR) is 119 cm³/mol. The van der Waals surface area contributed by atoms with Gasteiger partial charge in [0.2, 0.25) is 5.78 Å². The number of nitrogens with zero attached hydrogens (tertiary/aromatic N) is 2. The van der Waals surface area contributed by atoms with Gasteiger partial charge in [0, 0.05) is 32.7 Å². The summed E-state index contributed by atoms with van der Waals surface area (Å²) in [6.45, 7) is 11.7. The molecule has 0 aromatic heterocycles. The third-order valence-electron chi connectivity index (χ3n) is 6.20. The molecule has 2 aromatic carbocycles. The van der Waals surface area contributed by atoms with Crippen molar-refractivity contribution in [3.63, 3.8) is 0 Å². The van der Waals surface area contributed by atoms with Gasteiger partial charge in [0.25, 0.3) is 0 Å². The van der Waals surface area contributed by atoms with Crippen molar-refractivity contribution in [2.24, 2.45) is 0 Å². The highest BCUT2D eigenvalue weighted by Gasteiger charge is 2.34. The number of fused-ring (bicyclic) bond motifs is 1. The maximum absolute atomic E-state index is 13.1. The number of benzene rings is 2. The van der Waals surface area contributed by atoms with E-state index in [1.165, 1.54) is 5.56 Å². The SMILES string of the molecule is CCc1ccc(/C=C2\Oc3c(CN4CCN(CC)CC4)c(O)cc(C)c3C2=O)cc1. The Labute approximate surface area is 178 Å². The van der Waals surface area contributed by atoms with E-state index in [1.807, 2.05) is 19.1 Å². The minimum absolute atomic E-state index is 0.112. The fraction of sp³-hybridized carbons (Fsp3) is 0.400. The zero-order chi connectivity index (χ0) is 21.3. The minimum atomic E-state index is -0.112. The number of ketones is 1. The number of allylic oxidation sites excluding steroid dienone is 1. The standard InChI is InChI=1S/C25H30N2O3/c1-4-18-6-8-19(9-7-18)15-22-24(29)23-17(3)14-21(28)20(25(23)30-22)16-27-12-10-26(5-2)11-13-27/h6-9,14-15,28H,4-5,10-13,16H2,1-3H3/b22-15-. The molecule has 0 atom stereocenters. The summed E-state index contributed by atoms with van der Waals surface area (Å²) >= 11 is 0. The Balaban J connectivity index is 1.61. The largest absolute Gasteiger partial charge is 0.507 e. The molecule has 1 N–H and O–H groups in total. The predicted octanol–water partition coefficient (Wildman–Crippen LogP) is 4.02. The van der Waals surface area contributed by atoms with Gasteiger partial charge in [-0.1, -0.05) is 38.1 Å². The molecule has 0 aliphatic carbocycles. The fourth-order valence-corrected chi connectivity index (χ4v) is 4.22. The lowest BCUT2D eigenvalue weighted by Crippen LogP contribution is -2.45. The topological polar surface area (TPSA) is 53.0 Å². The zero-order valence-electron chi connectivity index (χ0n) is 18.1. The summed E-state index contributed by atoms with van der Waals surface area (Å²) in [6.07, 6.45) is 2.77. The van der Waals surface area contributed by atoms with Crippen molar-refractivity contribution < 1.29 is 14.6 Å². The molecule has 0 unspecified atom stereocenters. The number of aryl methyl sites for hydroxylation is 2. The van der Waals surface area contributed by atoms with E-state index >= 15 is 0 Å². The van der Waals surface area contributed by atoms with Crippen molar-refractivity contribution in [1.29, 1.82) is 0 Å². The van der Waals surface area contributed by atoms with Crippen LogP contribution in [0.3, 0.4) is 0 Å². The van der Waals surface area contributed by atoms with Crippen LogP contribution >= 0.6 is 0 Å². The van der Waals surface area contributed by atoms with E-state index in [1.54, 1.807) is 12.1 Å². The Morgan fingerprint density at radius 2 is 1.73 bits per heavy atom. The van der Waals surface area contributed by atoms with Crippen LogP contribution in [0.15, 0.2) is 36.1 Å². The van der Waals surface area contributed by atoms with Gasteiger partial charge in [0.05, 0.1) is 11.1 Å². The van der Waals surface area contributed by atoms with Crippen LogP contribution in [0.25, 0.3) is 6.08 Å². The molecule has 4 rings (SSSR count). The number of carbonyl (C=O) groups is 1. The first-order valence-corrected chi connectivity index (χ1v) is 10.8. The molecule has 1 saturated heterocycles. The molecule has 5 heteroatoms. The molecule has 158 valence electrons. The molecule has 0 bridgehead atoms. The number of phenols is 1. The minimum Gasteiger partial charge on any atom is -0.507 e. The molecule has 0 saturated carbocycles. The number of aromatic hydroxyl groups is 1. The monoisotopic (exact) mass is 406 g/mol. The van der Waals surface area contributed by atoms with E-state index < -0.39 is 0 Å². The van der Waals surface area contributed by atoms with E-state index in [4.69, 9.17) is 4.74 Å². The molecule has 0 spiro atoms. The second-order valence-corrected chi connectivity index (χ2v) is 8.14. The van der Waals surface area contributed by atoms with Crippen LogP contribution in [-0.2, 0) is 13.0 Å². The van der Waals surface area contributed by atoms with Gasteiger partial charge in [-0.05, 0) is 48.7 Å². The van der Waals surface area contributed by atoms with Crippen LogP contribution in [0.1, 0.15) is 46.5 Å². The van der Waals surface area contributed by atoms with Gasteiger partial charge < -0.3 is 14.7 Å². The number of rotatable bonds is 5. The van der Waals surface area contributed by atoms with Crippen molar-refractivity contribution in [2.75, 3.05) is 32.7 Å². The van der Waals surface area contributed by atoms with Gasteiger partial charge >= 0.3 is 0 Å². The Hall–Kier alpha value is -2.63. The van der Waals surface area contributed by atoms with Gasteiger partial charge in [0.1, 0.15) is 11.5 Å². The molecule has 0 amide bonds. The van der Waals surface area contributed by atoms with Crippen LogP contribution in [0, 0.1) is 6.92 Å². The average Bonchev–Trinajstić information content (AvgIpc) is 3.08. The number of hydrogen-bond donors (Lipinski definition) is 1. The number of phenolic OH excluding ortho intramolecular Hbond substituents is 1. The van der Waals surface area contributed by atoms with Gasteiger partial charge in [-0.15, -0.1) is 0 Å². The van der Waals surface area contributed by atoms with Crippen molar-refractivity contribution >= 4 is 11.9 Å². The van der Waals surface area contributed by atoms with Crippen molar-refractivity contribution in [3.05, 3.63) is 63.9 Å². The van der Waals surface area contributed by atoms with Crippen molar-refractivity contribution in [2.45, 2.75) is 33.7 Å². The smallest absolute Gasteiger partial charge is 0.232 e. The summed E-state index contributed by atoms with van der Waals surface area (Å²) in [7, 11) is 0. The summed E-state index contributed by atoms with van der Waals surface area (Å²) < 4.78 is 6.07. The number of piperazine rings is 1. The highest BCUT2D eigenvalue weighted by molar-refractivity contribution is 6.15. The van der Waals surface area contributed by atoms with Crippen molar-refractivity contribution in [1.82, 2.24) is 9.80 Å². The first-order valence-electron chi connectivity index (χ1n) is 10.8. The Kier molecular flexibility index (Phi) is 5.93. The second kappa shape index (κ2) is 8.62. The highest BCUT2D eigenvalue weighted by atomic mass is 16.5. The fourth-order valence-electron chi connectivity index (χ4n) is 4.22. The van der Waals surface area contributed by atoms with E-state index in [0.29, 0.717) is 29.2 Å². The van der Waals surface area contributed by atoms with Crippen LogP contribution < -0.4 is 4.74 Å².